The molecule has 0 bridgehead atoms. The average Bonchev–Trinajstić information content (AvgIpc) is 3.24. The van der Waals surface area contributed by atoms with Gasteiger partial charge in [-0.05, 0) is 36.4 Å². The lowest BCUT2D eigenvalue weighted by atomic mass is 9.96. The lowest BCUT2D eigenvalue weighted by Crippen LogP contribution is -2.33. The monoisotopic (exact) mass is 404 g/mol. The molecule has 3 aromatic rings. The second-order valence-electron chi connectivity index (χ2n) is 7.28. The molecule has 0 amide bonds. The van der Waals surface area contributed by atoms with Gasteiger partial charge >= 0.3 is 0 Å². The fourth-order valence-electron chi connectivity index (χ4n) is 4.07. The molecule has 152 valence electrons. The van der Waals surface area contributed by atoms with Crippen LogP contribution in [0.2, 0.25) is 0 Å². The Hall–Kier alpha value is -3.54. The van der Waals surface area contributed by atoms with Crippen LogP contribution < -0.4 is 14.2 Å². The molecule has 0 radical (unpaired) electrons. The first kappa shape index (κ1) is 18.5. The van der Waals surface area contributed by atoms with E-state index in [1.165, 1.54) is 12.1 Å². The molecule has 0 unspecified atom stereocenters. The third-order valence-corrected chi connectivity index (χ3v) is 5.57. The van der Waals surface area contributed by atoms with Crippen molar-refractivity contribution < 1.29 is 18.6 Å². The molecule has 2 heterocycles. The van der Waals surface area contributed by atoms with Gasteiger partial charge in [0, 0.05) is 23.1 Å². The summed E-state index contributed by atoms with van der Waals surface area (Å²) in [7, 11) is 3.24. The molecule has 0 N–H and O–H groups in total. The number of ether oxygens (including phenoxy) is 3. The summed E-state index contributed by atoms with van der Waals surface area (Å²) in [4.78, 5) is 0. The maximum atomic E-state index is 13.5. The highest BCUT2D eigenvalue weighted by molar-refractivity contribution is 6.02. The van der Waals surface area contributed by atoms with Crippen molar-refractivity contribution in [2.45, 2.75) is 18.7 Å². The average molecular weight is 404 g/mol. The smallest absolute Gasteiger partial charge is 0.213 e. The second kappa shape index (κ2) is 7.37. The van der Waals surface area contributed by atoms with Crippen molar-refractivity contribution in [1.82, 2.24) is 5.01 Å². The van der Waals surface area contributed by atoms with Gasteiger partial charge in [0.05, 0.1) is 26.0 Å². The highest BCUT2D eigenvalue weighted by Gasteiger charge is 2.40. The van der Waals surface area contributed by atoms with E-state index < -0.39 is 6.23 Å². The Kier molecular flexibility index (Phi) is 4.54. The largest absolute Gasteiger partial charge is 0.493 e. The van der Waals surface area contributed by atoms with Crippen molar-refractivity contribution in [2.24, 2.45) is 5.10 Å². The van der Waals surface area contributed by atoms with Crippen LogP contribution in [0.5, 0.6) is 17.2 Å². The van der Waals surface area contributed by atoms with Crippen molar-refractivity contribution in [1.29, 1.82) is 0 Å². The summed E-state index contributed by atoms with van der Waals surface area (Å²) in [5, 5.41) is 6.90. The number of hydrogen-bond donors (Lipinski definition) is 0. The van der Waals surface area contributed by atoms with E-state index in [2.05, 4.69) is 6.07 Å². The van der Waals surface area contributed by atoms with E-state index in [9.17, 15) is 4.39 Å². The van der Waals surface area contributed by atoms with Crippen LogP contribution in [0.1, 0.15) is 35.4 Å². The molecule has 5 rings (SSSR count). The maximum Gasteiger partial charge on any atom is 0.213 e. The molecule has 0 spiro atoms. The molecule has 0 aliphatic carbocycles. The standard InChI is InChI=1S/C24H21FN2O3/c1-28-22-12-9-16(13-23(22)29-2)19-14-20-18-5-3-4-6-21(18)30-24(27(20)26-19)15-7-10-17(25)11-8-15/h3-13,20,24H,14H2,1-2H3/t20-,24+/m0/s1. The molecule has 2 aliphatic rings. The molecule has 3 aromatic carbocycles. The number of methoxy groups -OCH3 is 2. The van der Waals surface area contributed by atoms with Crippen LogP contribution in [-0.2, 0) is 0 Å². The quantitative estimate of drug-likeness (QED) is 0.608. The predicted octanol–water partition coefficient (Wildman–Crippen LogP) is 5.09. The minimum Gasteiger partial charge on any atom is -0.493 e. The zero-order valence-corrected chi connectivity index (χ0v) is 16.7. The molecule has 6 heteroatoms. The van der Waals surface area contributed by atoms with E-state index in [0.29, 0.717) is 11.5 Å². The number of fused-ring (bicyclic) bond motifs is 3. The third kappa shape index (κ3) is 3.05. The zero-order valence-electron chi connectivity index (χ0n) is 16.7. The van der Waals surface area contributed by atoms with Crippen LogP contribution >= 0.6 is 0 Å². The number of hydrogen-bond acceptors (Lipinski definition) is 5. The van der Waals surface area contributed by atoms with Gasteiger partial charge in [0.15, 0.2) is 11.5 Å². The van der Waals surface area contributed by atoms with Crippen LogP contribution in [-0.4, -0.2) is 24.9 Å². The molecule has 0 saturated heterocycles. The summed E-state index contributed by atoms with van der Waals surface area (Å²) in [5.74, 6) is 1.89. The van der Waals surface area contributed by atoms with E-state index in [0.717, 1.165) is 34.6 Å². The summed E-state index contributed by atoms with van der Waals surface area (Å²) in [5.41, 5.74) is 3.86. The minimum atomic E-state index is -0.428. The fourth-order valence-corrected chi connectivity index (χ4v) is 4.07. The summed E-state index contributed by atoms with van der Waals surface area (Å²) in [6.45, 7) is 0. The van der Waals surface area contributed by atoms with E-state index in [1.54, 1.807) is 26.4 Å². The number of hydrazone groups is 1. The van der Waals surface area contributed by atoms with E-state index in [-0.39, 0.29) is 11.9 Å². The number of benzene rings is 3. The van der Waals surface area contributed by atoms with Crippen molar-refractivity contribution in [3.05, 3.63) is 89.2 Å². The summed E-state index contributed by atoms with van der Waals surface area (Å²) in [6.07, 6.45) is 0.302. The van der Waals surface area contributed by atoms with Crippen molar-refractivity contribution >= 4 is 5.71 Å². The number of rotatable bonds is 4. The Bertz CT molecular complexity index is 1110. The first-order valence-electron chi connectivity index (χ1n) is 9.77. The number of para-hydroxylation sites is 1. The Balaban J connectivity index is 1.57. The highest BCUT2D eigenvalue weighted by Crippen LogP contribution is 2.47. The third-order valence-electron chi connectivity index (χ3n) is 5.57. The molecule has 2 atom stereocenters. The maximum absolute atomic E-state index is 13.5. The molecule has 2 aliphatic heterocycles. The molecule has 5 nitrogen and oxygen atoms in total. The summed E-state index contributed by atoms with van der Waals surface area (Å²) >= 11 is 0. The Labute approximate surface area is 174 Å². The van der Waals surface area contributed by atoms with Crippen LogP contribution in [0.15, 0.2) is 71.8 Å². The van der Waals surface area contributed by atoms with Crippen LogP contribution in [0.4, 0.5) is 4.39 Å². The normalized spacial score (nSPS) is 19.4. The van der Waals surface area contributed by atoms with Crippen LogP contribution in [0.3, 0.4) is 0 Å². The van der Waals surface area contributed by atoms with E-state index >= 15 is 0 Å². The lowest BCUT2D eigenvalue weighted by molar-refractivity contribution is -0.0190. The SMILES string of the molecule is COc1ccc(C2=NN3[C@@H](c4ccc(F)cc4)Oc4ccccc4[C@@H]3C2)cc1OC. The van der Waals surface area contributed by atoms with Gasteiger partial charge in [0.1, 0.15) is 11.6 Å². The Morgan fingerprint density at radius 2 is 1.73 bits per heavy atom. The van der Waals surface area contributed by atoms with Crippen LogP contribution in [0, 0.1) is 5.82 Å². The molecular formula is C24H21FN2O3. The van der Waals surface area contributed by atoms with Gasteiger partial charge in [-0.3, -0.25) is 0 Å². The van der Waals surface area contributed by atoms with E-state index in [4.69, 9.17) is 19.3 Å². The Morgan fingerprint density at radius 1 is 0.967 bits per heavy atom. The van der Waals surface area contributed by atoms with Crippen molar-refractivity contribution in [3.63, 3.8) is 0 Å². The first-order valence-corrected chi connectivity index (χ1v) is 9.77. The number of halogens is 1. The molecule has 0 saturated carbocycles. The topological polar surface area (TPSA) is 43.3 Å². The highest BCUT2D eigenvalue weighted by atomic mass is 19.1. The second-order valence-corrected chi connectivity index (χ2v) is 7.28. The van der Waals surface area contributed by atoms with Gasteiger partial charge in [-0.25, -0.2) is 9.40 Å². The van der Waals surface area contributed by atoms with E-state index in [1.807, 2.05) is 41.4 Å². The molecule has 0 fully saturated rings. The zero-order chi connectivity index (χ0) is 20.7. The lowest BCUT2D eigenvalue weighted by Gasteiger charge is -2.38. The Morgan fingerprint density at radius 3 is 2.50 bits per heavy atom. The van der Waals surface area contributed by atoms with Gasteiger partial charge in [-0.15, -0.1) is 0 Å². The minimum absolute atomic E-state index is 0.0353. The summed E-state index contributed by atoms with van der Waals surface area (Å²) in [6, 6.07) is 20.2. The molecular weight excluding hydrogens is 383 g/mol. The first-order chi connectivity index (χ1) is 14.7. The van der Waals surface area contributed by atoms with Gasteiger partial charge in [0.2, 0.25) is 6.23 Å². The van der Waals surface area contributed by atoms with Gasteiger partial charge in [0.25, 0.3) is 0 Å². The van der Waals surface area contributed by atoms with Gasteiger partial charge < -0.3 is 14.2 Å². The fraction of sp³-hybridized carbons (Fsp3) is 0.208. The van der Waals surface area contributed by atoms with Crippen molar-refractivity contribution in [3.8, 4) is 17.2 Å². The van der Waals surface area contributed by atoms with Gasteiger partial charge in [-0.1, -0.05) is 30.3 Å². The predicted molar refractivity (Wildman–Crippen MR) is 111 cm³/mol. The van der Waals surface area contributed by atoms with Crippen molar-refractivity contribution in [2.75, 3.05) is 14.2 Å². The summed E-state index contributed by atoms with van der Waals surface area (Å²) < 4.78 is 30.6. The van der Waals surface area contributed by atoms with Crippen LogP contribution in [0.25, 0.3) is 0 Å². The molecule has 30 heavy (non-hydrogen) atoms. The molecule has 0 aromatic heterocycles. The van der Waals surface area contributed by atoms with Gasteiger partial charge in [-0.2, -0.15) is 5.10 Å². The number of nitrogens with zero attached hydrogens (tertiary/aromatic N) is 2.